The number of alkyl halides is 1. The van der Waals surface area contributed by atoms with Crippen molar-refractivity contribution in [2.75, 3.05) is 19.0 Å². The van der Waals surface area contributed by atoms with Crippen LogP contribution < -0.4 is 5.32 Å². The summed E-state index contributed by atoms with van der Waals surface area (Å²) in [6, 6.07) is -0.295. The van der Waals surface area contributed by atoms with Crippen LogP contribution in [0.1, 0.15) is 47.0 Å². The highest BCUT2D eigenvalue weighted by Crippen LogP contribution is 2.07. The van der Waals surface area contributed by atoms with Crippen molar-refractivity contribution >= 4 is 23.5 Å². The third kappa shape index (κ3) is 9.77. The number of nitrogens with one attached hydrogen (secondary N) is 1. The predicted octanol–water partition coefficient (Wildman–Crippen LogP) is 3.25. The molecule has 0 bridgehead atoms. The number of imide groups is 1. The Morgan fingerprint density at radius 3 is 1.89 bits per heavy atom. The van der Waals surface area contributed by atoms with Crippen LogP contribution in [-0.4, -0.2) is 35.8 Å². The number of hydrogen-bond donors (Lipinski definition) is 1. The Morgan fingerprint density at radius 1 is 1.05 bits per heavy atom. The van der Waals surface area contributed by atoms with Crippen molar-refractivity contribution < 1.29 is 9.59 Å². The van der Waals surface area contributed by atoms with Gasteiger partial charge in [0, 0.05) is 25.4 Å². The van der Waals surface area contributed by atoms with Gasteiger partial charge in [-0.25, -0.2) is 4.79 Å². The molecule has 0 aliphatic carbocycles. The van der Waals surface area contributed by atoms with Gasteiger partial charge in [0.2, 0.25) is 5.91 Å². The second-order valence-electron chi connectivity index (χ2n) is 5.64. The molecule has 0 heterocycles. The first-order chi connectivity index (χ1) is 8.86. The van der Waals surface area contributed by atoms with Gasteiger partial charge >= 0.3 is 6.03 Å². The zero-order valence-corrected chi connectivity index (χ0v) is 13.3. The Morgan fingerprint density at radius 2 is 1.53 bits per heavy atom. The van der Waals surface area contributed by atoms with Crippen molar-refractivity contribution in [1.82, 2.24) is 10.2 Å². The molecule has 0 atom stereocenters. The van der Waals surface area contributed by atoms with Crippen LogP contribution >= 0.6 is 11.6 Å². The molecule has 3 amide bonds. The minimum atomic E-state index is -0.306. The zero-order valence-electron chi connectivity index (χ0n) is 12.5. The van der Waals surface area contributed by atoms with E-state index in [1.807, 2.05) is 0 Å². The quantitative estimate of drug-likeness (QED) is 0.698. The average Bonchev–Trinajstić information content (AvgIpc) is 2.28. The highest BCUT2D eigenvalue weighted by atomic mass is 35.5. The normalized spacial score (nSPS) is 10.9. The van der Waals surface area contributed by atoms with Crippen molar-refractivity contribution in [2.24, 2.45) is 11.8 Å². The molecule has 112 valence electrons. The van der Waals surface area contributed by atoms with Gasteiger partial charge in [0.25, 0.3) is 0 Å². The summed E-state index contributed by atoms with van der Waals surface area (Å²) in [5.41, 5.74) is 0. The number of amides is 3. The third-order valence-corrected chi connectivity index (χ3v) is 3.00. The Hall–Kier alpha value is -0.770. The molecule has 0 fully saturated rings. The lowest BCUT2D eigenvalue weighted by atomic mass is 10.1. The maximum absolute atomic E-state index is 12.0. The molecule has 0 saturated carbocycles. The summed E-state index contributed by atoms with van der Waals surface area (Å²) >= 11 is 5.48. The van der Waals surface area contributed by atoms with E-state index < -0.39 is 0 Å². The fourth-order valence-corrected chi connectivity index (χ4v) is 1.66. The number of urea groups is 1. The van der Waals surface area contributed by atoms with Gasteiger partial charge in [0.05, 0.1) is 0 Å². The van der Waals surface area contributed by atoms with Crippen molar-refractivity contribution in [1.29, 1.82) is 0 Å². The van der Waals surface area contributed by atoms with E-state index in [0.29, 0.717) is 24.9 Å². The lowest BCUT2D eigenvalue weighted by Crippen LogP contribution is -2.44. The van der Waals surface area contributed by atoms with E-state index in [2.05, 4.69) is 33.0 Å². The molecule has 0 rings (SSSR count). The summed E-state index contributed by atoms with van der Waals surface area (Å²) in [5, 5.41) is 2.39. The summed E-state index contributed by atoms with van der Waals surface area (Å²) in [4.78, 5) is 25.1. The second-order valence-corrected chi connectivity index (χ2v) is 6.02. The summed E-state index contributed by atoms with van der Waals surface area (Å²) < 4.78 is 0. The topological polar surface area (TPSA) is 49.4 Å². The highest BCUT2D eigenvalue weighted by molar-refractivity contribution is 6.19. The van der Waals surface area contributed by atoms with Crippen molar-refractivity contribution in [2.45, 2.75) is 47.0 Å². The summed E-state index contributed by atoms with van der Waals surface area (Å²) in [6.45, 7) is 9.86. The first-order valence-corrected chi connectivity index (χ1v) is 7.55. The summed E-state index contributed by atoms with van der Waals surface area (Å²) in [5.74, 6) is 0.997. The highest BCUT2D eigenvalue weighted by Gasteiger charge is 2.16. The molecule has 5 heteroatoms. The predicted molar refractivity (Wildman–Crippen MR) is 79.4 cm³/mol. The van der Waals surface area contributed by atoms with E-state index in [-0.39, 0.29) is 24.2 Å². The number of hydrogen-bond acceptors (Lipinski definition) is 2. The van der Waals surface area contributed by atoms with Crippen LogP contribution in [0.4, 0.5) is 4.79 Å². The number of carbonyl (C=O) groups is 2. The van der Waals surface area contributed by atoms with Crippen LogP contribution in [0.25, 0.3) is 0 Å². The van der Waals surface area contributed by atoms with Crippen LogP contribution in [0.5, 0.6) is 0 Å². The molecule has 0 aromatic carbocycles. The summed E-state index contributed by atoms with van der Waals surface area (Å²) in [6.07, 6.45) is 2.06. The molecule has 0 radical (unpaired) electrons. The Bertz CT molecular complexity index is 269. The van der Waals surface area contributed by atoms with Crippen molar-refractivity contribution in [3.63, 3.8) is 0 Å². The number of carbonyl (C=O) groups excluding carboxylic acids is 2. The van der Waals surface area contributed by atoms with E-state index in [1.54, 1.807) is 4.90 Å². The smallest absolute Gasteiger partial charge is 0.324 e. The lowest BCUT2D eigenvalue weighted by molar-refractivity contribution is -0.119. The van der Waals surface area contributed by atoms with E-state index in [0.717, 1.165) is 12.8 Å². The molecular formula is C14H27ClN2O2. The van der Waals surface area contributed by atoms with Gasteiger partial charge in [-0.05, 0) is 24.7 Å². The molecule has 4 nitrogen and oxygen atoms in total. The summed E-state index contributed by atoms with van der Waals surface area (Å²) in [7, 11) is 0. The molecule has 0 unspecified atom stereocenters. The average molecular weight is 291 g/mol. The molecule has 0 aromatic rings. The number of halogens is 1. The van der Waals surface area contributed by atoms with Crippen LogP contribution in [0.3, 0.4) is 0 Å². The molecule has 1 N–H and O–H groups in total. The molecule has 0 saturated heterocycles. The standard InChI is InChI=1S/C14H27ClN2O2/c1-11(2)6-9-17(10-7-12(3)4)14(19)16-13(18)5-8-15/h11-12H,5-10H2,1-4H3,(H,16,18,19). The monoisotopic (exact) mass is 290 g/mol. The third-order valence-electron chi connectivity index (χ3n) is 2.81. The van der Waals surface area contributed by atoms with E-state index in [9.17, 15) is 9.59 Å². The first kappa shape index (κ1) is 18.2. The molecule has 0 aromatic heterocycles. The fourth-order valence-electron chi connectivity index (χ4n) is 1.49. The largest absolute Gasteiger partial charge is 0.324 e. The number of rotatable bonds is 8. The van der Waals surface area contributed by atoms with E-state index >= 15 is 0 Å². The molecule has 0 aliphatic heterocycles. The van der Waals surface area contributed by atoms with Crippen molar-refractivity contribution in [3.05, 3.63) is 0 Å². The van der Waals surface area contributed by atoms with Gasteiger partial charge < -0.3 is 4.90 Å². The molecule has 0 aliphatic rings. The Labute approximate surface area is 121 Å². The van der Waals surface area contributed by atoms with Gasteiger partial charge in [-0.1, -0.05) is 27.7 Å². The minimum Gasteiger partial charge on any atom is -0.324 e. The molecule has 19 heavy (non-hydrogen) atoms. The van der Waals surface area contributed by atoms with Gasteiger partial charge in [-0.15, -0.1) is 11.6 Å². The van der Waals surface area contributed by atoms with E-state index in [4.69, 9.17) is 11.6 Å². The van der Waals surface area contributed by atoms with Crippen LogP contribution in [-0.2, 0) is 4.79 Å². The van der Waals surface area contributed by atoms with Crippen LogP contribution in [0.15, 0.2) is 0 Å². The van der Waals surface area contributed by atoms with Crippen LogP contribution in [0.2, 0.25) is 0 Å². The maximum Gasteiger partial charge on any atom is 0.324 e. The molecule has 0 spiro atoms. The van der Waals surface area contributed by atoms with Crippen LogP contribution in [0, 0.1) is 11.8 Å². The lowest BCUT2D eigenvalue weighted by Gasteiger charge is -2.24. The van der Waals surface area contributed by atoms with Gasteiger partial charge in [-0.2, -0.15) is 0 Å². The van der Waals surface area contributed by atoms with E-state index in [1.165, 1.54) is 0 Å². The van der Waals surface area contributed by atoms with Gasteiger partial charge in [-0.3, -0.25) is 10.1 Å². The minimum absolute atomic E-state index is 0.176. The molecular weight excluding hydrogens is 264 g/mol. The maximum atomic E-state index is 12.0. The fraction of sp³-hybridized carbons (Fsp3) is 0.857. The SMILES string of the molecule is CC(C)CCN(CCC(C)C)C(=O)NC(=O)CCCl. The zero-order chi connectivity index (χ0) is 14.8. The Balaban J connectivity index is 4.35. The van der Waals surface area contributed by atoms with Crippen molar-refractivity contribution in [3.8, 4) is 0 Å². The Kier molecular flexibility index (Phi) is 9.66. The first-order valence-electron chi connectivity index (χ1n) is 7.01. The second kappa shape index (κ2) is 10.1. The van der Waals surface area contributed by atoms with Gasteiger partial charge in [0.15, 0.2) is 0 Å². The number of nitrogens with zero attached hydrogens (tertiary/aromatic N) is 1. The van der Waals surface area contributed by atoms with Gasteiger partial charge in [0.1, 0.15) is 0 Å².